The third-order valence-electron chi connectivity index (χ3n) is 2.66. The first-order chi connectivity index (χ1) is 7.92. The summed E-state index contributed by atoms with van der Waals surface area (Å²) in [5.41, 5.74) is 0.797. The lowest BCUT2D eigenvalue weighted by molar-refractivity contribution is 0.0258. The molecule has 1 N–H and O–H groups in total. The molecule has 0 unspecified atom stereocenters. The Morgan fingerprint density at radius 3 is 2.71 bits per heavy atom. The van der Waals surface area contributed by atoms with E-state index < -0.39 is 5.60 Å². The van der Waals surface area contributed by atoms with Gasteiger partial charge in [-0.05, 0) is 40.0 Å². The SMILES string of the molecule is CC(C)(C)OC(=O)N1CCC/C(=C/CO)CC1. The highest BCUT2D eigenvalue weighted by Crippen LogP contribution is 2.18. The van der Waals surface area contributed by atoms with Crippen molar-refractivity contribution in [3.8, 4) is 0 Å². The second kappa shape index (κ2) is 6.05. The summed E-state index contributed by atoms with van der Waals surface area (Å²) in [6.45, 7) is 7.12. The quantitative estimate of drug-likeness (QED) is 0.717. The number of aliphatic hydroxyl groups excluding tert-OH is 1. The Morgan fingerprint density at radius 1 is 1.41 bits per heavy atom. The van der Waals surface area contributed by atoms with Crippen LogP contribution in [-0.4, -0.2) is 41.4 Å². The largest absolute Gasteiger partial charge is 0.444 e. The van der Waals surface area contributed by atoms with Gasteiger partial charge in [-0.15, -0.1) is 0 Å². The second-order valence-corrected chi connectivity index (χ2v) is 5.37. The van der Waals surface area contributed by atoms with E-state index >= 15 is 0 Å². The van der Waals surface area contributed by atoms with Crippen molar-refractivity contribution in [3.05, 3.63) is 11.6 Å². The number of aliphatic hydroxyl groups is 1. The van der Waals surface area contributed by atoms with Crippen molar-refractivity contribution < 1.29 is 14.6 Å². The highest BCUT2D eigenvalue weighted by molar-refractivity contribution is 5.68. The highest BCUT2D eigenvalue weighted by Gasteiger charge is 2.23. The number of ether oxygens (including phenoxy) is 1. The summed E-state index contributed by atoms with van der Waals surface area (Å²) in [6, 6.07) is 0. The van der Waals surface area contributed by atoms with Gasteiger partial charge in [0.1, 0.15) is 5.60 Å². The molecule has 0 aromatic heterocycles. The minimum atomic E-state index is -0.437. The lowest BCUT2D eigenvalue weighted by Gasteiger charge is -2.26. The van der Waals surface area contributed by atoms with Crippen molar-refractivity contribution in [3.63, 3.8) is 0 Å². The van der Waals surface area contributed by atoms with E-state index in [-0.39, 0.29) is 12.7 Å². The molecule has 0 aliphatic carbocycles. The Bertz CT molecular complexity index is 292. The van der Waals surface area contributed by atoms with Gasteiger partial charge in [-0.2, -0.15) is 0 Å². The Balaban J connectivity index is 2.51. The minimum Gasteiger partial charge on any atom is -0.444 e. The van der Waals surface area contributed by atoms with E-state index in [0.717, 1.165) is 25.8 Å². The fourth-order valence-corrected chi connectivity index (χ4v) is 1.85. The van der Waals surface area contributed by atoms with Crippen LogP contribution in [0.15, 0.2) is 11.6 Å². The van der Waals surface area contributed by atoms with Crippen molar-refractivity contribution >= 4 is 6.09 Å². The number of rotatable bonds is 1. The summed E-state index contributed by atoms with van der Waals surface area (Å²) in [5, 5.41) is 8.86. The summed E-state index contributed by atoms with van der Waals surface area (Å²) in [7, 11) is 0. The summed E-state index contributed by atoms with van der Waals surface area (Å²) < 4.78 is 5.35. The number of nitrogens with zero attached hydrogens (tertiary/aromatic N) is 1. The summed E-state index contributed by atoms with van der Waals surface area (Å²) in [4.78, 5) is 13.6. The Labute approximate surface area is 103 Å². The minimum absolute atomic E-state index is 0.0851. The molecule has 0 aromatic carbocycles. The number of amides is 1. The summed E-state index contributed by atoms with van der Waals surface area (Å²) in [6.07, 6.45) is 4.34. The maximum Gasteiger partial charge on any atom is 0.410 e. The number of carbonyl (C=O) groups is 1. The monoisotopic (exact) mass is 241 g/mol. The van der Waals surface area contributed by atoms with E-state index in [0.29, 0.717) is 6.54 Å². The predicted molar refractivity (Wildman–Crippen MR) is 66.8 cm³/mol. The highest BCUT2D eigenvalue weighted by atomic mass is 16.6. The molecule has 1 fully saturated rings. The average molecular weight is 241 g/mol. The number of hydrogen-bond donors (Lipinski definition) is 1. The maximum atomic E-state index is 11.9. The maximum absolute atomic E-state index is 11.9. The molecule has 17 heavy (non-hydrogen) atoms. The van der Waals surface area contributed by atoms with Crippen LogP contribution >= 0.6 is 0 Å². The number of carbonyl (C=O) groups excluding carboxylic acids is 1. The Kier molecular flexibility index (Phi) is 5.00. The topological polar surface area (TPSA) is 49.8 Å². The van der Waals surface area contributed by atoms with E-state index in [1.807, 2.05) is 26.8 Å². The van der Waals surface area contributed by atoms with Crippen LogP contribution in [0.5, 0.6) is 0 Å². The van der Waals surface area contributed by atoms with Gasteiger partial charge in [0.15, 0.2) is 0 Å². The molecule has 1 amide bonds. The smallest absolute Gasteiger partial charge is 0.410 e. The van der Waals surface area contributed by atoms with E-state index in [2.05, 4.69) is 0 Å². The molecule has 1 saturated heterocycles. The zero-order chi connectivity index (χ0) is 12.9. The van der Waals surface area contributed by atoms with Crippen LogP contribution in [-0.2, 0) is 4.74 Å². The van der Waals surface area contributed by atoms with Gasteiger partial charge in [-0.25, -0.2) is 4.79 Å². The van der Waals surface area contributed by atoms with Gasteiger partial charge in [0.25, 0.3) is 0 Å². The molecule has 0 radical (unpaired) electrons. The van der Waals surface area contributed by atoms with Crippen molar-refractivity contribution in [1.82, 2.24) is 4.90 Å². The Morgan fingerprint density at radius 2 is 2.12 bits per heavy atom. The molecule has 4 heteroatoms. The molecule has 0 aromatic rings. The van der Waals surface area contributed by atoms with Gasteiger partial charge < -0.3 is 14.7 Å². The van der Waals surface area contributed by atoms with Crippen LogP contribution in [0.3, 0.4) is 0 Å². The molecular weight excluding hydrogens is 218 g/mol. The lowest BCUT2D eigenvalue weighted by Crippen LogP contribution is -2.37. The molecule has 0 spiro atoms. The van der Waals surface area contributed by atoms with E-state index in [4.69, 9.17) is 9.84 Å². The van der Waals surface area contributed by atoms with E-state index in [9.17, 15) is 4.79 Å². The molecule has 1 heterocycles. The molecule has 0 atom stereocenters. The van der Waals surface area contributed by atoms with Crippen molar-refractivity contribution in [2.45, 2.75) is 45.6 Å². The molecule has 0 saturated carbocycles. The zero-order valence-electron chi connectivity index (χ0n) is 11.0. The molecule has 1 aliphatic heterocycles. The second-order valence-electron chi connectivity index (χ2n) is 5.37. The average Bonchev–Trinajstić information content (AvgIpc) is 2.41. The van der Waals surface area contributed by atoms with Gasteiger partial charge in [-0.1, -0.05) is 11.6 Å². The van der Waals surface area contributed by atoms with E-state index in [1.165, 1.54) is 5.57 Å². The van der Waals surface area contributed by atoms with Crippen molar-refractivity contribution in [2.75, 3.05) is 19.7 Å². The van der Waals surface area contributed by atoms with Gasteiger partial charge in [0, 0.05) is 13.1 Å². The summed E-state index contributed by atoms with van der Waals surface area (Å²) >= 11 is 0. The first kappa shape index (κ1) is 14.0. The molecule has 0 bridgehead atoms. The first-order valence-electron chi connectivity index (χ1n) is 6.19. The van der Waals surface area contributed by atoms with Crippen molar-refractivity contribution in [2.24, 2.45) is 0 Å². The molecule has 1 aliphatic rings. The van der Waals surface area contributed by atoms with Crippen LogP contribution in [0.2, 0.25) is 0 Å². The van der Waals surface area contributed by atoms with Crippen LogP contribution in [0.25, 0.3) is 0 Å². The number of hydrogen-bond acceptors (Lipinski definition) is 3. The van der Waals surface area contributed by atoms with Crippen LogP contribution in [0.4, 0.5) is 4.79 Å². The molecule has 1 rings (SSSR count). The van der Waals surface area contributed by atoms with Gasteiger partial charge >= 0.3 is 6.09 Å². The van der Waals surface area contributed by atoms with Crippen LogP contribution < -0.4 is 0 Å². The van der Waals surface area contributed by atoms with Crippen LogP contribution in [0, 0.1) is 0 Å². The third-order valence-corrected chi connectivity index (χ3v) is 2.66. The predicted octanol–water partition coefficient (Wildman–Crippen LogP) is 2.33. The summed E-state index contributed by atoms with van der Waals surface area (Å²) in [5.74, 6) is 0. The van der Waals surface area contributed by atoms with E-state index in [1.54, 1.807) is 4.90 Å². The molecule has 98 valence electrons. The van der Waals surface area contributed by atoms with Crippen molar-refractivity contribution in [1.29, 1.82) is 0 Å². The lowest BCUT2D eigenvalue weighted by atomic mass is 10.1. The fourth-order valence-electron chi connectivity index (χ4n) is 1.85. The number of likely N-dealkylation sites (tertiary alicyclic amines) is 1. The zero-order valence-corrected chi connectivity index (χ0v) is 11.0. The standard InChI is InChI=1S/C13H23NO3/c1-13(2,3)17-12(16)14-8-4-5-11(6-9-14)7-10-15/h7,15H,4-6,8-10H2,1-3H3/b11-7-. The van der Waals surface area contributed by atoms with Crippen LogP contribution in [0.1, 0.15) is 40.0 Å². The van der Waals surface area contributed by atoms with Gasteiger partial charge in [0.2, 0.25) is 0 Å². The van der Waals surface area contributed by atoms with Gasteiger partial charge in [-0.3, -0.25) is 0 Å². The fraction of sp³-hybridized carbons (Fsp3) is 0.769. The Hall–Kier alpha value is -1.03. The van der Waals surface area contributed by atoms with Gasteiger partial charge in [0.05, 0.1) is 6.61 Å². The third kappa shape index (κ3) is 5.22. The normalized spacial score (nSPS) is 20.2. The molecule has 4 nitrogen and oxygen atoms in total. The first-order valence-corrected chi connectivity index (χ1v) is 6.19. The molecular formula is C13H23NO3.